The van der Waals surface area contributed by atoms with Gasteiger partial charge in [0.05, 0.1) is 4.90 Å². The molecular weight excluding hydrogens is 432 g/mol. The SMILES string of the molecule is CCN(CC)S(=O)(=O)c1ccc(C=CC(=O)Nc2nnc(Cc3ccccc3)s2)cc1. The summed E-state index contributed by atoms with van der Waals surface area (Å²) in [6.07, 6.45) is 3.66. The van der Waals surface area contributed by atoms with Crippen LogP contribution in [0.15, 0.2) is 65.6 Å². The fourth-order valence-corrected chi connectivity index (χ4v) is 5.16. The number of hydrogen-bond acceptors (Lipinski definition) is 6. The van der Waals surface area contributed by atoms with Gasteiger partial charge in [0, 0.05) is 25.6 Å². The van der Waals surface area contributed by atoms with Crippen LogP contribution < -0.4 is 5.32 Å². The monoisotopic (exact) mass is 456 g/mol. The third kappa shape index (κ3) is 6.06. The van der Waals surface area contributed by atoms with Crippen LogP contribution in [0.1, 0.15) is 30.0 Å². The van der Waals surface area contributed by atoms with Crippen LogP contribution in [0.4, 0.5) is 5.13 Å². The van der Waals surface area contributed by atoms with Crippen molar-refractivity contribution in [2.45, 2.75) is 25.2 Å². The fourth-order valence-electron chi connectivity index (χ4n) is 2.93. The lowest BCUT2D eigenvalue weighted by Gasteiger charge is -2.18. The minimum atomic E-state index is -3.49. The van der Waals surface area contributed by atoms with Crippen LogP contribution in [-0.4, -0.2) is 41.9 Å². The highest BCUT2D eigenvalue weighted by atomic mass is 32.2. The van der Waals surface area contributed by atoms with Crippen LogP contribution in [-0.2, 0) is 21.2 Å². The summed E-state index contributed by atoms with van der Waals surface area (Å²) in [6.45, 7) is 4.44. The van der Waals surface area contributed by atoms with Crippen LogP contribution in [0, 0.1) is 0 Å². The van der Waals surface area contributed by atoms with Gasteiger partial charge in [0.1, 0.15) is 5.01 Å². The number of benzene rings is 2. The van der Waals surface area contributed by atoms with Crippen molar-refractivity contribution in [2.24, 2.45) is 0 Å². The Bertz CT molecular complexity index is 1140. The molecular formula is C22H24N4O3S2. The van der Waals surface area contributed by atoms with Gasteiger partial charge in [-0.1, -0.05) is 67.6 Å². The second-order valence-corrected chi connectivity index (χ2v) is 9.64. The van der Waals surface area contributed by atoms with E-state index in [0.29, 0.717) is 24.6 Å². The van der Waals surface area contributed by atoms with E-state index >= 15 is 0 Å². The molecule has 3 rings (SSSR count). The molecule has 0 unspecified atom stereocenters. The van der Waals surface area contributed by atoms with Gasteiger partial charge >= 0.3 is 0 Å². The Hall–Kier alpha value is -2.88. The second kappa shape index (κ2) is 10.4. The van der Waals surface area contributed by atoms with Crippen LogP contribution >= 0.6 is 11.3 Å². The van der Waals surface area contributed by atoms with Gasteiger partial charge in [-0.15, -0.1) is 10.2 Å². The predicted octanol–water partition coefficient (Wildman–Crippen LogP) is 3.81. The summed E-state index contributed by atoms with van der Waals surface area (Å²) in [5.41, 5.74) is 1.85. The van der Waals surface area contributed by atoms with E-state index in [2.05, 4.69) is 15.5 Å². The van der Waals surface area contributed by atoms with Crippen LogP contribution in [0.2, 0.25) is 0 Å². The van der Waals surface area contributed by atoms with Gasteiger partial charge in [0.15, 0.2) is 0 Å². The van der Waals surface area contributed by atoms with Crippen LogP contribution in [0.25, 0.3) is 6.08 Å². The summed E-state index contributed by atoms with van der Waals surface area (Å²) in [7, 11) is -3.49. The number of rotatable bonds is 9. The number of anilines is 1. The molecule has 9 heteroatoms. The number of aromatic nitrogens is 2. The molecule has 1 amide bonds. The van der Waals surface area contributed by atoms with E-state index in [1.54, 1.807) is 44.2 Å². The Morgan fingerprint density at radius 3 is 2.35 bits per heavy atom. The van der Waals surface area contributed by atoms with Crippen LogP contribution in [0.3, 0.4) is 0 Å². The zero-order chi connectivity index (χ0) is 22.3. The number of carbonyl (C=O) groups excluding carboxylic acids is 1. The van der Waals surface area contributed by atoms with Gasteiger partial charge in [0.2, 0.25) is 21.1 Å². The summed E-state index contributed by atoms with van der Waals surface area (Å²) < 4.78 is 26.5. The molecule has 0 bridgehead atoms. The lowest BCUT2D eigenvalue weighted by Crippen LogP contribution is -2.30. The van der Waals surface area contributed by atoms with E-state index in [1.165, 1.54) is 21.7 Å². The molecule has 7 nitrogen and oxygen atoms in total. The van der Waals surface area contributed by atoms with Crippen molar-refractivity contribution in [2.75, 3.05) is 18.4 Å². The first kappa shape index (κ1) is 22.8. The highest BCUT2D eigenvalue weighted by Gasteiger charge is 2.20. The fraction of sp³-hybridized carbons (Fsp3) is 0.227. The first-order chi connectivity index (χ1) is 14.9. The van der Waals surface area contributed by atoms with Crippen molar-refractivity contribution >= 4 is 38.5 Å². The zero-order valence-electron chi connectivity index (χ0n) is 17.4. The molecule has 0 atom stereocenters. The molecule has 0 aliphatic carbocycles. The molecule has 1 heterocycles. The maximum Gasteiger partial charge on any atom is 0.250 e. The Kier molecular flexibility index (Phi) is 7.67. The van der Waals surface area contributed by atoms with Crippen molar-refractivity contribution in [1.82, 2.24) is 14.5 Å². The van der Waals surface area contributed by atoms with Crippen molar-refractivity contribution in [1.29, 1.82) is 0 Å². The van der Waals surface area contributed by atoms with Crippen molar-refractivity contribution < 1.29 is 13.2 Å². The molecule has 0 fully saturated rings. The number of amides is 1. The summed E-state index contributed by atoms with van der Waals surface area (Å²) in [6, 6.07) is 16.4. The van der Waals surface area contributed by atoms with Gasteiger partial charge < -0.3 is 0 Å². The van der Waals surface area contributed by atoms with Gasteiger partial charge in [-0.3, -0.25) is 10.1 Å². The van der Waals surface area contributed by atoms with E-state index in [9.17, 15) is 13.2 Å². The van der Waals surface area contributed by atoms with E-state index in [4.69, 9.17) is 0 Å². The third-order valence-electron chi connectivity index (χ3n) is 4.55. The summed E-state index contributed by atoms with van der Waals surface area (Å²) >= 11 is 1.33. The number of hydrogen-bond donors (Lipinski definition) is 1. The lowest BCUT2D eigenvalue weighted by molar-refractivity contribution is -0.111. The number of nitrogens with zero attached hydrogens (tertiary/aromatic N) is 3. The molecule has 0 aliphatic rings. The molecule has 0 saturated carbocycles. The standard InChI is InChI=1S/C22H24N4O3S2/c1-3-26(4-2)31(28,29)19-13-10-17(11-14-19)12-15-20(27)23-22-25-24-21(30-22)16-18-8-6-5-7-9-18/h5-15H,3-4,16H2,1-2H3,(H,23,25,27). The number of carbonyl (C=O) groups is 1. The Morgan fingerprint density at radius 1 is 1.03 bits per heavy atom. The minimum absolute atomic E-state index is 0.234. The molecule has 162 valence electrons. The van der Waals surface area contributed by atoms with Crippen molar-refractivity contribution in [3.8, 4) is 0 Å². The molecule has 31 heavy (non-hydrogen) atoms. The largest absolute Gasteiger partial charge is 0.297 e. The maximum absolute atomic E-state index is 12.5. The molecule has 0 saturated heterocycles. The average molecular weight is 457 g/mol. The number of sulfonamides is 1. The average Bonchev–Trinajstić information content (AvgIpc) is 3.20. The molecule has 0 radical (unpaired) electrons. The lowest BCUT2D eigenvalue weighted by atomic mass is 10.2. The van der Waals surface area contributed by atoms with Gasteiger partial charge in [-0.05, 0) is 29.3 Å². The van der Waals surface area contributed by atoms with Gasteiger partial charge in [-0.2, -0.15) is 4.31 Å². The second-order valence-electron chi connectivity index (χ2n) is 6.64. The first-order valence-corrected chi connectivity index (χ1v) is 12.1. The molecule has 1 N–H and O–H groups in total. The first-order valence-electron chi connectivity index (χ1n) is 9.88. The smallest absolute Gasteiger partial charge is 0.250 e. The molecule has 1 aromatic heterocycles. The highest BCUT2D eigenvalue weighted by molar-refractivity contribution is 7.89. The van der Waals surface area contributed by atoms with Crippen molar-refractivity contribution in [3.05, 3.63) is 76.8 Å². The van der Waals surface area contributed by atoms with E-state index in [-0.39, 0.29) is 10.8 Å². The quantitative estimate of drug-likeness (QED) is 0.494. The maximum atomic E-state index is 12.5. The van der Waals surface area contributed by atoms with Gasteiger partial charge in [-0.25, -0.2) is 8.42 Å². The molecule has 2 aromatic carbocycles. The number of nitrogens with one attached hydrogen (secondary N) is 1. The Balaban J connectivity index is 1.59. The van der Waals surface area contributed by atoms with E-state index in [0.717, 1.165) is 16.1 Å². The van der Waals surface area contributed by atoms with Gasteiger partial charge in [0.25, 0.3) is 0 Å². The van der Waals surface area contributed by atoms with E-state index in [1.807, 2.05) is 30.3 Å². The summed E-state index contributed by atoms with van der Waals surface area (Å²) in [5, 5.41) is 12.1. The normalized spacial score (nSPS) is 11.8. The molecule has 0 aliphatic heterocycles. The van der Waals surface area contributed by atoms with E-state index < -0.39 is 10.0 Å². The Labute approximate surface area is 186 Å². The van der Waals surface area contributed by atoms with Crippen molar-refractivity contribution in [3.63, 3.8) is 0 Å². The predicted molar refractivity (Wildman–Crippen MR) is 123 cm³/mol. The summed E-state index contributed by atoms with van der Waals surface area (Å²) in [4.78, 5) is 12.4. The Morgan fingerprint density at radius 2 is 1.71 bits per heavy atom. The molecule has 3 aromatic rings. The minimum Gasteiger partial charge on any atom is -0.297 e. The van der Waals surface area contributed by atoms with Crippen LogP contribution in [0.5, 0.6) is 0 Å². The third-order valence-corrected chi connectivity index (χ3v) is 7.45. The topological polar surface area (TPSA) is 92.3 Å². The highest BCUT2D eigenvalue weighted by Crippen LogP contribution is 2.19. The summed E-state index contributed by atoms with van der Waals surface area (Å²) in [5.74, 6) is -0.331. The molecule has 0 spiro atoms. The zero-order valence-corrected chi connectivity index (χ0v) is 19.0.